The molecule has 1 aliphatic heterocycles. The van der Waals surface area contributed by atoms with Gasteiger partial charge in [-0.05, 0) is 26.2 Å². The summed E-state index contributed by atoms with van der Waals surface area (Å²) < 4.78 is 11.3. The Morgan fingerprint density at radius 2 is 1.00 bits per heavy atom. The molecule has 0 aliphatic carbocycles. The average molecular weight is 828 g/mol. The van der Waals surface area contributed by atoms with Gasteiger partial charge in [-0.1, -0.05) is 168 Å². The number of ether oxygens (including phenoxy) is 2. The van der Waals surface area contributed by atoms with Crippen LogP contribution in [-0.4, -0.2) is 101 Å². The number of hydrogen-bond acceptors (Lipinski definition) is 9. The number of carboxylic acids is 1. The minimum atomic E-state index is -1.52. The first kappa shape index (κ1) is 53.7. The van der Waals surface area contributed by atoms with E-state index >= 15 is 0 Å². The van der Waals surface area contributed by atoms with E-state index in [1.165, 1.54) is 130 Å². The number of likely N-dealkylation sites (N-methyl/N-ethyl adjacent to an activating group) is 1. The lowest BCUT2D eigenvalue weighted by Crippen LogP contribution is -2.56. The molecule has 13 nitrogen and oxygen atoms in total. The maximum atomic E-state index is 14.0. The Bertz CT molecular complexity index is 1050. The van der Waals surface area contributed by atoms with Crippen LogP contribution in [0.3, 0.4) is 0 Å². The Morgan fingerprint density at radius 1 is 0.586 bits per heavy atom. The number of aliphatic hydroxyl groups is 3. The first-order valence-corrected chi connectivity index (χ1v) is 23.3. The van der Waals surface area contributed by atoms with Gasteiger partial charge in [-0.25, -0.2) is 0 Å². The third-order valence-electron chi connectivity index (χ3n) is 11.5. The van der Waals surface area contributed by atoms with Crippen molar-refractivity contribution >= 4 is 23.7 Å². The fourth-order valence-electron chi connectivity index (χ4n) is 7.72. The first-order valence-electron chi connectivity index (χ1n) is 23.3. The van der Waals surface area contributed by atoms with E-state index in [2.05, 4.69) is 29.8 Å². The molecule has 58 heavy (non-hydrogen) atoms. The number of hydrogen-bond donors (Lipinski definition) is 7. The second kappa shape index (κ2) is 34.4. The molecule has 7 N–H and O–H groups in total. The van der Waals surface area contributed by atoms with Crippen molar-refractivity contribution in [1.82, 2.24) is 16.0 Å². The van der Waals surface area contributed by atoms with Crippen LogP contribution in [0.25, 0.3) is 0 Å². The van der Waals surface area contributed by atoms with Crippen LogP contribution in [0.4, 0.5) is 0 Å². The van der Waals surface area contributed by atoms with Crippen LogP contribution < -0.4 is 16.0 Å². The number of carbonyl (C=O) groups excluding carboxylic acids is 3. The molecule has 6 unspecified atom stereocenters. The highest BCUT2D eigenvalue weighted by molar-refractivity contribution is 5.92. The van der Waals surface area contributed by atoms with Crippen LogP contribution >= 0.6 is 0 Å². The summed E-state index contributed by atoms with van der Waals surface area (Å²) >= 11 is 0. The van der Waals surface area contributed by atoms with Gasteiger partial charge in [0.15, 0.2) is 6.29 Å². The van der Waals surface area contributed by atoms with Gasteiger partial charge in [0.1, 0.15) is 30.4 Å². The van der Waals surface area contributed by atoms with E-state index in [1.54, 1.807) is 0 Å². The molecule has 1 saturated heterocycles. The summed E-state index contributed by atoms with van der Waals surface area (Å²) in [6, 6.07) is -2.50. The molecule has 0 aromatic rings. The van der Waals surface area contributed by atoms with Crippen LogP contribution in [0.2, 0.25) is 0 Å². The highest BCUT2D eigenvalue weighted by Crippen LogP contribution is 2.25. The van der Waals surface area contributed by atoms with Crippen LogP contribution in [-0.2, 0) is 28.7 Å². The zero-order valence-corrected chi connectivity index (χ0v) is 36.9. The second-order valence-electron chi connectivity index (χ2n) is 16.7. The molecule has 340 valence electrons. The lowest BCUT2D eigenvalue weighted by molar-refractivity contribution is -0.181. The van der Waals surface area contributed by atoms with Crippen LogP contribution in [0.1, 0.15) is 201 Å². The van der Waals surface area contributed by atoms with E-state index in [0.717, 1.165) is 38.5 Å². The normalized spacial score (nSPS) is 19.5. The van der Waals surface area contributed by atoms with Crippen LogP contribution in [0.15, 0.2) is 0 Å². The largest absolute Gasteiger partial charge is 0.481 e. The summed E-state index contributed by atoms with van der Waals surface area (Å²) in [6.45, 7) is 5.41. The Morgan fingerprint density at radius 3 is 1.38 bits per heavy atom. The predicted molar refractivity (Wildman–Crippen MR) is 228 cm³/mol. The molecule has 3 amide bonds. The van der Waals surface area contributed by atoms with E-state index in [0.29, 0.717) is 12.8 Å². The average Bonchev–Trinajstić information content (AvgIpc) is 3.49. The van der Waals surface area contributed by atoms with E-state index in [9.17, 15) is 39.6 Å². The number of amides is 3. The highest BCUT2D eigenvalue weighted by atomic mass is 16.7. The molecule has 13 heteroatoms. The van der Waals surface area contributed by atoms with Crippen molar-refractivity contribution < 1.29 is 49.1 Å². The van der Waals surface area contributed by atoms with Gasteiger partial charge >= 0.3 is 5.97 Å². The molecule has 0 radical (unpaired) electrons. The molecule has 0 bridgehead atoms. The fraction of sp³-hybridized carbons (Fsp3) is 0.911. The van der Waals surface area contributed by atoms with Gasteiger partial charge in [-0.3, -0.25) is 19.2 Å². The monoisotopic (exact) mass is 828 g/mol. The van der Waals surface area contributed by atoms with Gasteiger partial charge in [0.05, 0.1) is 12.7 Å². The Labute approximate surface area is 350 Å². The van der Waals surface area contributed by atoms with E-state index in [4.69, 9.17) is 9.47 Å². The van der Waals surface area contributed by atoms with Crippen molar-refractivity contribution in [1.29, 1.82) is 0 Å². The SMILES string of the molecule is CCCCCCCCCCCCCCC(CCCCCCCCCCCCCC)C(=O)N[C@H](COC1OC(C(C)O)C(O)C1O)C(=O)NC(CCC(=O)O)C(=O)NC. The number of unbranched alkanes of at least 4 members (excludes halogenated alkanes) is 22. The summed E-state index contributed by atoms with van der Waals surface area (Å²) in [5, 5.41) is 48.0. The van der Waals surface area contributed by atoms with Crippen molar-refractivity contribution in [3.63, 3.8) is 0 Å². The van der Waals surface area contributed by atoms with E-state index in [-0.39, 0.29) is 24.7 Å². The predicted octanol–water partition coefficient (Wildman–Crippen LogP) is 7.21. The lowest BCUT2D eigenvalue weighted by Gasteiger charge is -2.26. The molecule has 0 aromatic carbocycles. The molecule has 0 spiro atoms. The summed E-state index contributed by atoms with van der Waals surface area (Å²) in [4.78, 5) is 51.6. The molecule has 1 heterocycles. The minimum Gasteiger partial charge on any atom is -0.481 e. The Balaban J connectivity index is 2.92. The second-order valence-corrected chi connectivity index (χ2v) is 16.7. The molecular weight excluding hydrogens is 743 g/mol. The molecule has 7 atom stereocenters. The zero-order valence-electron chi connectivity index (χ0n) is 36.9. The first-order chi connectivity index (χ1) is 28.0. The molecule has 1 aliphatic rings. The third-order valence-corrected chi connectivity index (χ3v) is 11.5. The van der Waals surface area contributed by atoms with Gasteiger partial charge in [0.25, 0.3) is 0 Å². The van der Waals surface area contributed by atoms with Gasteiger partial charge in [-0.2, -0.15) is 0 Å². The van der Waals surface area contributed by atoms with Crippen molar-refractivity contribution in [2.75, 3.05) is 13.7 Å². The molecular formula is C45H85N3O10. The standard InChI is InChI=1S/C45H85N3O10/c1-5-7-9-11-13-15-17-19-21-23-25-27-29-35(30-28-26-24-22-20-18-16-14-12-10-8-6-2)42(54)48-37(33-57-45-40(53)39(52)41(58-45)34(3)49)44(56)47-36(43(55)46-4)31-32-38(50)51/h34-37,39-41,45,49,52-53H,5-33H2,1-4H3,(H,46,55)(H,47,56)(H,48,54)(H,50,51)/t34?,36?,37-,39?,40?,41?,45?/m1/s1. The topological polar surface area (TPSA) is 204 Å². The minimum absolute atomic E-state index is 0.171. The highest BCUT2D eigenvalue weighted by Gasteiger charge is 2.46. The van der Waals surface area contributed by atoms with Gasteiger partial charge in [-0.15, -0.1) is 0 Å². The smallest absolute Gasteiger partial charge is 0.303 e. The number of nitrogens with one attached hydrogen (secondary N) is 3. The fourth-order valence-corrected chi connectivity index (χ4v) is 7.72. The van der Waals surface area contributed by atoms with E-state index < -0.39 is 67.2 Å². The number of rotatable bonds is 38. The quantitative estimate of drug-likeness (QED) is 0.0312. The number of carboxylic acid groups (broad SMARTS) is 1. The summed E-state index contributed by atoms with van der Waals surface area (Å²) in [5.74, 6) is -3.14. The van der Waals surface area contributed by atoms with Crippen LogP contribution in [0.5, 0.6) is 0 Å². The summed E-state index contributed by atoms with van der Waals surface area (Å²) in [6.07, 6.45) is 23.3. The molecule has 1 rings (SSSR count). The summed E-state index contributed by atoms with van der Waals surface area (Å²) in [5.41, 5.74) is 0. The maximum absolute atomic E-state index is 14.0. The van der Waals surface area contributed by atoms with Crippen molar-refractivity contribution in [2.45, 2.75) is 243 Å². The maximum Gasteiger partial charge on any atom is 0.303 e. The van der Waals surface area contributed by atoms with Crippen molar-refractivity contribution in [3.8, 4) is 0 Å². The number of aliphatic hydroxyl groups excluding tert-OH is 3. The van der Waals surface area contributed by atoms with Crippen molar-refractivity contribution in [3.05, 3.63) is 0 Å². The zero-order chi connectivity index (χ0) is 43.0. The van der Waals surface area contributed by atoms with Crippen molar-refractivity contribution in [2.24, 2.45) is 5.92 Å². The van der Waals surface area contributed by atoms with Crippen LogP contribution in [0, 0.1) is 5.92 Å². The molecule has 1 fully saturated rings. The Hall–Kier alpha value is -2.32. The molecule has 0 saturated carbocycles. The summed E-state index contributed by atoms with van der Waals surface area (Å²) in [7, 11) is 1.38. The Kier molecular flexibility index (Phi) is 31.8. The van der Waals surface area contributed by atoms with Gasteiger partial charge in [0.2, 0.25) is 17.7 Å². The number of carbonyl (C=O) groups is 4. The number of aliphatic carboxylic acids is 1. The van der Waals surface area contributed by atoms with Gasteiger partial charge < -0.3 is 45.9 Å². The molecule has 0 aromatic heterocycles. The lowest BCUT2D eigenvalue weighted by atomic mass is 9.93. The van der Waals surface area contributed by atoms with Gasteiger partial charge in [0, 0.05) is 19.4 Å². The third kappa shape index (κ3) is 24.7. The van der Waals surface area contributed by atoms with E-state index in [1.807, 2.05) is 0 Å².